The Bertz CT molecular complexity index is 588. The van der Waals surface area contributed by atoms with Gasteiger partial charge >= 0.3 is 0 Å². The molecular formula is C12H13N3O2. The highest BCUT2D eigenvalue weighted by Gasteiger charge is 2.08. The van der Waals surface area contributed by atoms with Gasteiger partial charge in [-0.3, -0.25) is 4.79 Å². The van der Waals surface area contributed by atoms with Crippen LogP contribution in [0.3, 0.4) is 0 Å². The molecule has 1 aromatic carbocycles. The van der Waals surface area contributed by atoms with Gasteiger partial charge in [-0.25, -0.2) is 4.98 Å². The molecule has 0 aliphatic carbocycles. The fraction of sp³-hybridized carbons (Fsp3) is 0.167. The number of H-pyrrole nitrogens is 1. The molecule has 0 fully saturated rings. The van der Waals surface area contributed by atoms with E-state index in [4.69, 9.17) is 5.73 Å². The molecule has 1 heterocycles. The summed E-state index contributed by atoms with van der Waals surface area (Å²) in [7, 11) is 0. The van der Waals surface area contributed by atoms with Gasteiger partial charge in [-0.1, -0.05) is 6.92 Å². The van der Waals surface area contributed by atoms with Crippen molar-refractivity contribution in [3.8, 4) is 17.1 Å². The third-order valence-electron chi connectivity index (χ3n) is 2.54. The molecule has 0 saturated carbocycles. The number of aromatic hydroxyl groups is 1. The zero-order valence-corrected chi connectivity index (χ0v) is 9.40. The van der Waals surface area contributed by atoms with Crippen molar-refractivity contribution in [2.75, 3.05) is 5.73 Å². The van der Waals surface area contributed by atoms with E-state index in [1.165, 1.54) is 12.1 Å². The predicted octanol–water partition coefficient (Wildman–Crippen LogP) is 1.29. The summed E-state index contributed by atoms with van der Waals surface area (Å²) in [6.45, 7) is 1.85. The highest BCUT2D eigenvalue weighted by Crippen LogP contribution is 2.18. The second-order valence-electron chi connectivity index (χ2n) is 3.68. The van der Waals surface area contributed by atoms with Crippen LogP contribution in [0.4, 0.5) is 5.82 Å². The first-order valence-corrected chi connectivity index (χ1v) is 5.30. The normalized spacial score (nSPS) is 10.4. The lowest BCUT2D eigenvalue weighted by atomic mass is 10.2. The zero-order valence-electron chi connectivity index (χ0n) is 9.40. The molecule has 0 unspecified atom stereocenters. The molecule has 2 aromatic rings. The Morgan fingerprint density at radius 1 is 1.35 bits per heavy atom. The number of aromatic nitrogens is 2. The minimum absolute atomic E-state index is 0.161. The number of anilines is 1. The van der Waals surface area contributed by atoms with E-state index in [1.54, 1.807) is 12.1 Å². The maximum Gasteiger partial charge on any atom is 0.256 e. The van der Waals surface area contributed by atoms with Crippen LogP contribution in [-0.4, -0.2) is 15.1 Å². The number of nitrogens with two attached hydrogens (primary N) is 1. The molecule has 0 aliphatic rings. The van der Waals surface area contributed by atoms with E-state index in [9.17, 15) is 9.90 Å². The fourth-order valence-electron chi connectivity index (χ4n) is 1.61. The van der Waals surface area contributed by atoms with Gasteiger partial charge in [0.25, 0.3) is 5.56 Å². The molecule has 5 nitrogen and oxygen atoms in total. The molecule has 1 aromatic heterocycles. The molecule has 17 heavy (non-hydrogen) atoms. The van der Waals surface area contributed by atoms with E-state index in [-0.39, 0.29) is 17.1 Å². The lowest BCUT2D eigenvalue weighted by Crippen LogP contribution is -2.17. The Hall–Kier alpha value is -2.30. The Morgan fingerprint density at radius 2 is 2.00 bits per heavy atom. The van der Waals surface area contributed by atoms with Gasteiger partial charge in [-0.05, 0) is 30.7 Å². The third kappa shape index (κ3) is 2.13. The summed E-state index contributed by atoms with van der Waals surface area (Å²) < 4.78 is 0. The quantitative estimate of drug-likeness (QED) is 0.726. The molecule has 0 spiro atoms. The standard InChI is InChI=1S/C12H13N3O2/c1-2-9-10(13)14-11(15-12(9)17)7-3-5-8(16)6-4-7/h3-6,16H,2H2,1H3,(H3,13,14,15,17). The van der Waals surface area contributed by atoms with E-state index >= 15 is 0 Å². The highest BCUT2D eigenvalue weighted by molar-refractivity contribution is 5.58. The van der Waals surface area contributed by atoms with Crippen molar-refractivity contribution >= 4 is 5.82 Å². The molecule has 5 heteroatoms. The Morgan fingerprint density at radius 3 is 2.53 bits per heavy atom. The zero-order chi connectivity index (χ0) is 12.4. The average molecular weight is 231 g/mol. The van der Waals surface area contributed by atoms with Gasteiger partial charge in [-0.2, -0.15) is 0 Å². The average Bonchev–Trinajstić information content (AvgIpc) is 2.29. The third-order valence-corrected chi connectivity index (χ3v) is 2.54. The van der Waals surface area contributed by atoms with Crippen LogP contribution < -0.4 is 11.3 Å². The van der Waals surface area contributed by atoms with Crippen molar-refractivity contribution < 1.29 is 5.11 Å². The van der Waals surface area contributed by atoms with Crippen molar-refractivity contribution in [3.05, 3.63) is 40.2 Å². The van der Waals surface area contributed by atoms with Crippen LogP contribution in [0.2, 0.25) is 0 Å². The number of nitrogen functional groups attached to an aromatic ring is 1. The lowest BCUT2D eigenvalue weighted by molar-refractivity contribution is 0.475. The Labute approximate surface area is 98.0 Å². The molecule has 88 valence electrons. The van der Waals surface area contributed by atoms with Gasteiger partial charge < -0.3 is 15.8 Å². The van der Waals surface area contributed by atoms with E-state index in [1.807, 2.05) is 6.92 Å². The number of rotatable bonds is 2. The Kier molecular flexibility index (Phi) is 2.82. The summed E-state index contributed by atoms with van der Waals surface area (Å²) in [5.41, 5.74) is 6.70. The summed E-state index contributed by atoms with van der Waals surface area (Å²) in [4.78, 5) is 18.5. The molecule has 4 N–H and O–H groups in total. The largest absolute Gasteiger partial charge is 0.508 e. The number of nitrogens with one attached hydrogen (secondary N) is 1. The number of hydrogen-bond donors (Lipinski definition) is 3. The molecule has 0 radical (unpaired) electrons. The van der Waals surface area contributed by atoms with E-state index in [0.29, 0.717) is 23.4 Å². The van der Waals surface area contributed by atoms with Crippen molar-refractivity contribution in [3.63, 3.8) is 0 Å². The van der Waals surface area contributed by atoms with Crippen LogP contribution in [0.1, 0.15) is 12.5 Å². The van der Waals surface area contributed by atoms with Gasteiger partial charge in [-0.15, -0.1) is 0 Å². The maximum atomic E-state index is 11.7. The molecule has 0 aliphatic heterocycles. The van der Waals surface area contributed by atoms with Gasteiger partial charge in [0.15, 0.2) is 0 Å². The lowest BCUT2D eigenvalue weighted by Gasteiger charge is -2.05. The van der Waals surface area contributed by atoms with Crippen LogP contribution >= 0.6 is 0 Å². The van der Waals surface area contributed by atoms with Gasteiger partial charge in [0, 0.05) is 5.56 Å². The predicted molar refractivity (Wildman–Crippen MR) is 65.7 cm³/mol. The van der Waals surface area contributed by atoms with Crippen LogP contribution in [0, 0.1) is 0 Å². The number of phenols is 1. The first-order chi connectivity index (χ1) is 8.11. The van der Waals surface area contributed by atoms with Crippen LogP contribution in [0.5, 0.6) is 5.75 Å². The molecule has 0 saturated heterocycles. The van der Waals surface area contributed by atoms with Gasteiger partial charge in [0.1, 0.15) is 17.4 Å². The number of aromatic amines is 1. The minimum atomic E-state index is -0.219. The summed E-state index contributed by atoms with van der Waals surface area (Å²) >= 11 is 0. The second kappa shape index (κ2) is 4.29. The van der Waals surface area contributed by atoms with Crippen LogP contribution in [0.25, 0.3) is 11.4 Å². The molecule has 0 amide bonds. The van der Waals surface area contributed by atoms with Crippen molar-refractivity contribution in [1.29, 1.82) is 0 Å². The monoisotopic (exact) mass is 231 g/mol. The van der Waals surface area contributed by atoms with Crippen LogP contribution in [-0.2, 0) is 6.42 Å². The summed E-state index contributed by atoms with van der Waals surface area (Å²) in [5.74, 6) is 0.818. The number of hydrogen-bond acceptors (Lipinski definition) is 4. The SMILES string of the molecule is CCc1c(N)nc(-c2ccc(O)cc2)[nH]c1=O. The summed E-state index contributed by atoms with van der Waals surface area (Å²) in [5, 5.41) is 9.18. The van der Waals surface area contributed by atoms with E-state index < -0.39 is 0 Å². The molecular weight excluding hydrogens is 218 g/mol. The van der Waals surface area contributed by atoms with Gasteiger partial charge in [0.2, 0.25) is 0 Å². The Balaban J connectivity index is 2.54. The minimum Gasteiger partial charge on any atom is -0.508 e. The molecule has 2 rings (SSSR count). The second-order valence-corrected chi connectivity index (χ2v) is 3.68. The molecule has 0 bridgehead atoms. The van der Waals surface area contributed by atoms with E-state index in [2.05, 4.69) is 9.97 Å². The highest BCUT2D eigenvalue weighted by atomic mass is 16.3. The smallest absolute Gasteiger partial charge is 0.256 e. The summed E-state index contributed by atoms with van der Waals surface area (Å²) in [6.07, 6.45) is 0.546. The topological polar surface area (TPSA) is 92.0 Å². The number of nitrogens with zero attached hydrogens (tertiary/aromatic N) is 1. The first kappa shape index (κ1) is 11.2. The number of benzene rings is 1. The first-order valence-electron chi connectivity index (χ1n) is 5.30. The van der Waals surface area contributed by atoms with Crippen molar-refractivity contribution in [2.45, 2.75) is 13.3 Å². The van der Waals surface area contributed by atoms with E-state index in [0.717, 1.165) is 0 Å². The van der Waals surface area contributed by atoms with Crippen molar-refractivity contribution in [1.82, 2.24) is 9.97 Å². The van der Waals surface area contributed by atoms with Crippen molar-refractivity contribution in [2.24, 2.45) is 0 Å². The van der Waals surface area contributed by atoms with Gasteiger partial charge in [0.05, 0.1) is 5.56 Å². The van der Waals surface area contributed by atoms with Crippen LogP contribution in [0.15, 0.2) is 29.1 Å². The number of phenolic OH excluding ortho intramolecular Hbond substituents is 1. The molecule has 0 atom stereocenters. The summed E-state index contributed by atoms with van der Waals surface area (Å²) in [6, 6.07) is 6.38. The fourth-order valence-corrected chi connectivity index (χ4v) is 1.61. The maximum absolute atomic E-state index is 11.7.